The van der Waals surface area contributed by atoms with Crippen molar-refractivity contribution in [3.63, 3.8) is 0 Å². The molecule has 0 saturated carbocycles. The topological polar surface area (TPSA) is 32.3 Å². The third-order valence-corrected chi connectivity index (χ3v) is 4.83. The first-order chi connectivity index (χ1) is 9.16. The number of thioether (sulfide) groups is 1. The molecule has 5 heteroatoms. The summed E-state index contributed by atoms with van der Waals surface area (Å²) in [6, 6.07) is 6.18. The van der Waals surface area contributed by atoms with Crippen LogP contribution in [-0.2, 0) is 4.79 Å². The predicted molar refractivity (Wildman–Crippen MR) is 83.7 cm³/mol. The number of carbonyl (C=O) groups is 1. The summed E-state index contributed by atoms with van der Waals surface area (Å²) >= 11 is 5.09. The maximum absolute atomic E-state index is 12.2. The van der Waals surface area contributed by atoms with Crippen molar-refractivity contribution >= 4 is 33.6 Å². The van der Waals surface area contributed by atoms with Crippen LogP contribution in [0.15, 0.2) is 27.6 Å². The SMILES string of the molecule is Cc1cc(Br)ccc1SCC(=O)N1CCCNCC1. The number of aryl methyl sites for hydroxylation is 1. The number of amides is 1. The zero-order chi connectivity index (χ0) is 13.7. The van der Waals surface area contributed by atoms with Crippen LogP contribution < -0.4 is 5.32 Å². The van der Waals surface area contributed by atoms with Gasteiger partial charge in [0.1, 0.15) is 0 Å². The van der Waals surface area contributed by atoms with E-state index in [0.717, 1.165) is 37.1 Å². The highest BCUT2D eigenvalue weighted by molar-refractivity contribution is 9.10. The van der Waals surface area contributed by atoms with Crippen LogP contribution >= 0.6 is 27.7 Å². The van der Waals surface area contributed by atoms with Crippen molar-refractivity contribution in [3.8, 4) is 0 Å². The summed E-state index contributed by atoms with van der Waals surface area (Å²) < 4.78 is 1.08. The van der Waals surface area contributed by atoms with Gasteiger partial charge in [-0.15, -0.1) is 11.8 Å². The quantitative estimate of drug-likeness (QED) is 0.857. The summed E-state index contributed by atoms with van der Waals surface area (Å²) in [7, 11) is 0. The van der Waals surface area contributed by atoms with Gasteiger partial charge >= 0.3 is 0 Å². The van der Waals surface area contributed by atoms with Gasteiger partial charge in [-0.1, -0.05) is 15.9 Å². The first-order valence-corrected chi connectivity index (χ1v) is 8.32. The molecule has 1 aromatic carbocycles. The second-order valence-corrected chi connectivity index (χ2v) is 6.62. The Morgan fingerprint density at radius 3 is 3.05 bits per heavy atom. The molecular formula is C14H19BrN2OS. The summed E-state index contributed by atoms with van der Waals surface area (Å²) in [4.78, 5) is 15.3. The van der Waals surface area contributed by atoms with Gasteiger partial charge in [0.2, 0.25) is 5.91 Å². The monoisotopic (exact) mass is 342 g/mol. The molecule has 1 amide bonds. The zero-order valence-electron chi connectivity index (χ0n) is 11.1. The van der Waals surface area contributed by atoms with E-state index in [9.17, 15) is 4.79 Å². The van der Waals surface area contributed by atoms with Crippen LogP contribution in [0.3, 0.4) is 0 Å². The van der Waals surface area contributed by atoms with Gasteiger partial charge in [-0.2, -0.15) is 0 Å². The Morgan fingerprint density at radius 2 is 2.26 bits per heavy atom. The Balaban J connectivity index is 1.88. The fourth-order valence-corrected chi connectivity index (χ4v) is 3.49. The minimum Gasteiger partial charge on any atom is -0.341 e. The van der Waals surface area contributed by atoms with E-state index >= 15 is 0 Å². The largest absolute Gasteiger partial charge is 0.341 e. The average molecular weight is 343 g/mol. The van der Waals surface area contributed by atoms with Crippen LogP contribution in [0.5, 0.6) is 0 Å². The van der Waals surface area contributed by atoms with E-state index < -0.39 is 0 Å². The molecule has 0 bridgehead atoms. The smallest absolute Gasteiger partial charge is 0.232 e. The number of hydrogen-bond acceptors (Lipinski definition) is 3. The van der Waals surface area contributed by atoms with Crippen LogP contribution in [0.4, 0.5) is 0 Å². The van der Waals surface area contributed by atoms with Crippen molar-refractivity contribution < 1.29 is 4.79 Å². The molecule has 1 N–H and O–H groups in total. The van der Waals surface area contributed by atoms with Gasteiger partial charge < -0.3 is 10.2 Å². The van der Waals surface area contributed by atoms with Crippen LogP contribution in [-0.4, -0.2) is 42.7 Å². The molecule has 0 radical (unpaired) electrons. The number of benzene rings is 1. The zero-order valence-corrected chi connectivity index (χ0v) is 13.5. The van der Waals surface area contributed by atoms with E-state index in [2.05, 4.69) is 40.3 Å². The molecule has 2 rings (SSSR count). The van der Waals surface area contributed by atoms with E-state index in [1.807, 2.05) is 11.0 Å². The first kappa shape index (κ1) is 14.9. The highest BCUT2D eigenvalue weighted by Crippen LogP contribution is 2.25. The summed E-state index contributed by atoms with van der Waals surface area (Å²) in [6.07, 6.45) is 1.05. The van der Waals surface area contributed by atoms with E-state index in [0.29, 0.717) is 5.75 Å². The maximum Gasteiger partial charge on any atom is 0.232 e. The fraction of sp³-hybridized carbons (Fsp3) is 0.500. The van der Waals surface area contributed by atoms with Gasteiger partial charge in [-0.25, -0.2) is 0 Å². The second-order valence-electron chi connectivity index (χ2n) is 4.68. The Hall–Kier alpha value is -0.520. The lowest BCUT2D eigenvalue weighted by Crippen LogP contribution is -2.35. The molecule has 0 spiro atoms. The van der Waals surface area contributed by atoms with Crippen molar-refractivity contribution in [1.29, 1.82) is 0 Å². The molecular weight excluding hydrogens is 324 g/mol. The number of halogens is 1. The lowest BCUT2D eigenvalue weighted by molar-refractivity contribution is -0.128. The Bertz CT molecular complexity index is 445. The first-order valence-electron chi connectivity index (χ1n) is 6.54. The number of hydrogen-bond donors (Lipinski definition) is 1. The van der Waals surface area contributed by atoms with Gasteiger partial charge in [-0.3, -0.25) is 4.79 Å². The highest BCUT2D eigenvalue weighted by Gasteiger charge is 2.15. The molecule has 1 saturated heterocycles. The van der Waals surface area contributed by atoms with Crippen LogP contribution in [0, 0.1) is 6.92 Å². The van der Waals surface area contributed by atoms with E-state index in [-0.39, 0.29) is 5.91 Å². The molecule has 3 nitrogen and oxygen atoms in total. The number of nitrogens with one attached hydrogen (secondary N) is 1. The van der Waals surface area contributed by atoms with Crippen LogP contribution in [0.25, 0.3) is 0 Å². The molecule has 1 aliphatic heterocycles. The minimum absolute atomic E-state index is 0.246. The summed E-state index contributed by atoms with van der Waals surface area (Å²) in [6.45, 7) is 5.72. The third kappa shape index (κ3) is 4.51. The maximum atomic E-state index is 12.2. The van der Waals surface area contributed by atoms with Crippen molar-refractivity contribution in [2.75, 3.05) is 31.9 Å². The van der Waals surface area contributed by atoms with Gasteiger partial charge in [0.15, 0.2) is 0 Å². The minimum atomic E-state index is 0.246. The molecule has 1 aliphatic rings. The average Bonchev–Trinajstić information content (AvgIpc) is 2.66. The lowest BCUT2D eigenvalue weighted by Gasteiger charge is -2.19. The standard InChI is InChI=1S/C14H19BrN2OS/c1-11-9-12(15)3-4-13(11)19-10-14(18)17-7-2-5-16-6-8-17/h3-4,9,16H,2,5-8,10H2,1H3. The van der Waals surface area contributed by atoms with Gasteiger partial charge in [-0.05, 0) is 43.7 Å². The van der Waals surface area contributed by atoms with Crippen molar-refractivity contribution in [1.82, 2.24) is 10.2 Å². The fourth-order valence-electron chi connectivity index (χ4n) is 2.10. The summed E-state index contributed by atoms with van der Waals surface area (Å²) in [5.41, 5.74) is 1.21. The molecule has 0 aliphatic carbocycles. The molecule has 19 heavy (non-hydrogen) atoms. The van der Waals surface area contributed by atoms with Crippen molar-refractivity contribution in [2.24, 2.45) is 0 Å². The van der Waals surface area contributed by atoms with Gasteiger partial charge in [0.25, 0.3) is 0 Å². The summed E-state index contributed by atoms with van der Waals surface area (Å²) in [5, 5.41) is 3.32. The summed E-state index contributed by atoms with van der Waals surface area (Å²) in [5.74, 6) is 0.777. The Kier molecular flexibility index (Phi) is 5.73. The number of nitrogens with zero attached hydrogens (tertiary/aromatic N) is 1. The predicted octanol–water partition coefficient (Wildman–Crippen LogP) is 2.67. The molecule has 1 fully saturated rings. The molecule has 0 atom stereocenters. The van der Waals surface area contributed by atoms with E-state index in [4.69, 9.17) is 0 Å². The Morgan fingerprint density at radius 1 is 1.42 bits per heavy atom. The highest BCUT2D eigenvalue weighted by atomic mass is 79.9. The van der Waals surface area contributed by atoms with Crippen LogP contribution in [0.2, 0.25) is 0 Å². The van der Waals surface area contributed by atoms with Gasteiger partial charge in [0, 0.05) is 29.0 Å². The molecule has 1 aromatic rings. The second kappa shape index (κ2) is 7.31. The molecule has 104 valence electrons. The lowest BCUT2D eigenvalue weighted by atomic mass is 10.2. The van der Waals surface area contributed by atoms with Crippen molar-refractivity contribution in [2.45, 2.75) is 18.2 Å². The third-order valence-electron chi connectivity index (χ3n) is 3.18. The normalized spacial score (nSPS) is 16.2. The van der Waals surface area contributed by atoms with Crippen LogP contribution in [0.1, 0.15) is 12.0 Å². The number of carbonyl (C=O) groups excluding carboxylic acids is 1. The number of rotatable bonds is 3. The molecule has 0 unspecified atom stereocenters. The van der Waals surface area contributed by atoms with E-state index in [1.54, 1.807) is 11.8 Å². The molecule has 0 aromatic heterocycles. The van der Waals surface area contributed by atoms with Gasteiger partial charge in [0.05, 0.1) is 5.75 Å². The van der Waals surface area contributed by atoms with E-state index in [1.165, 1.54) is 10.5 Å². The van der Waals surface area contributed by atoms with Crippen molar-refractivity contribution in [3.05, 3.63) is 28.2 Å². The Labute approximate surface area is 127 Å². The molecule has 1 heterocycles.